The normalized spacial score (nSPS) is 12.7. The molecule has 0 aliphatic rings. The molecule has 0 aromatic heterocycles. The number of carbonyl (C=O) groups excluding carboxylic acids is 3. The van der Waals surface area contributed by atoms with Gasteiger partial charge in [-0.25, -0.2) is 0 Å². The maximum atomic E-state index is 13.0. The highest BCUT2D eigenvalue weighted by Gasteiger charge is 2.19. The zero-order chi connectivity index (χ0) is 59.9. The van der Waals surface area contributed by atoms with E-state index in [2.05, 4.69) is 118 Å². The molecule has 0 heterocycles. The van der Waals surface area contributed by atoms with E-state index in [4.69, 9.17) is 14.2 Å². The smallest absolute Gasteiger partial charge is 0.306 e. The monoisotopic (exact) mass is 1160 g/mol. The van der Waals surface area contributed by atoms with Crippen molar-refractivity contribution in [2.45, 2.75) is 361 Å². The van der Waals surface area contributed by atoms with Gasteiger partial charge in [0, 0.05) is 19.3 Å². The van der Waals surface area contributed by atoms with Gasteiger partial charge in [0.2, 0.25) is 0 Å². The molecule has 0 fully saturated rings. The van der Waals surface area contributed by atoms with Crippen LogP contribution in [0.4, 0.5) is 0 Å². The molecule has 6 nitrogen and oxygen atoms in total. The van der Waals surface area contributed by atoms with Crippen molar-refractivity contribution in [2.24, 2.45) is 0 Å². The predicted octanol–water partition coefficient (Wildman–Crippen LogP) is 24.8. The van der Waals surface area contributed by atoms with Crippen LogP contribution in [0.3, 0.4) is 0 Å². The Hall–Kier alpha value is -3.67. The number of esters is 3. The quantitative estimate of drug-likeness (QED) is 0.0261. The van der Waals surface area contributed by atoms with E-state index in [1.165, 1.54) is 205 Å². The first-order chi connectivity index (χ1) is 41.0. The van der Waals surface area contributed by atoms with Gasteiger partial charge in [-0.3, -0.25) is 14.4 Å². The lowest BCUT2D eigenvalue weighted by Gasteiger charge is -2.18. The molecule has 0 radical (unpaired) electrons. The molecule has 0 rings (SSSR count). The van der Waals surface area contributed by atoms with Crippen LogP contribution >= 0.6 is 0 Å². The molecule has 0 saturated carbocycles. The van der Waals surface area contributed by atoms with Crippen molar-refractivity contribution in [2.75, 3.05) is 13.2 Å². The van der Waals surface area contributed by atoms with Gasteiger partial charge in [-0.2, -0.15) is 0 Å². The van der Waals surface area contributed by atoms with Crippen LogP contribution in [0, 0.1) is 0 Å². The Morgan fingerprint density at radius 2 is 0.470 bits per heavy atom. The number of rotatable bonds is 65. The van der Waals surface area contributed by atoms with Gasteiger partial charge in [0.05, 0.1) is 0 Å². The molecule has 0 amide bonds. The third-order valence-electron chi connectivity index (χ3n) is 15.5. The molecule has 6 heteroatoms. The van der Waals surface area contributed by atoms with Gasteiger partial charge in [0.15, 0.2) is 6.10 Å². The summed E-state index contributed by atoms with van der Waals surface area (Å²) in [6.45, 7) is 6.53. The lowest BCUT2D eigenvalue weighted by molar-refractivity contribution is -0.167. The first-order valence-corrected chi connectivity index (χ1v) is 35.7. The summed E-state index contributed by atoms with van der Waals surface area (Å²) in [5, 5.41) is 0. The van der Waals surface area contributed by atoms with Crippen LogP contribution in [-0.4, -0.2) is 37.2 Å². The van der Waals surface area contributed by atoms with Gasteiger partial charge in [0.25, 0.3) is 0 Å². The van der Waals surface area contributed by atoms with Crippen LogP contribution in [0.1, 0.15) is 355 Å². The number of hydrogen-bond donors (Lipinski definition) is 0. The number of carbonyl (C=O) groups is 3. The number of unbranched alkanes of at least 4 members (excludes halogenated alkanes) is 38. The highest BCUT2D eigenvalue weighted by molar-refractivity contribution is 5.71. The maximum absolute atomic E-state index is 13.0. The van der Waals surface area contributed by atoms with Crippen LogP contribution < -0.4 is 0 Å². The molecule has 0 aromatic rings. The zero-order valence-corrected chi connectivity index (χ0v) is 54.9. The van der Waals surface area contributed by atoms with Gasteiger partial charge in [0.1, 0.15) is 13.2 Å². The van der Waals surface area contributed by atoms with Gasteiger partial charge in [-0.15, -0.1) is 0 Å². The van der Waals surface area contributed by atoms with Crippen LogP contribution in [0.5, 0.6) is 0 Å². The Labute approximate surface area is 515 Å². The summed E-state index contributed by atoms with van der Waals surface area (Å²) >= 11 is 0. The van der Waals surface area contributed by atoms with E-state index >= 15 is 0 Å². The van der Waals surface area contributed by atoms with Gasteiger partial charge in [-0.1, -0.05) is 311 Å². The topological polar surface area (TPSA) is 78.9 Å². The lowest BCUT2D eigenvalue weighted by atomic mass is 10.0. The van der Waals surface area contributed by atoms with E-state index in [0.29, 0.717) is 19.3 Å². The molecule has 478 valence electrons. The summed E-state index contributed by atoms with van der Waals surface area (Å²) in [7, 11) is 0. The van der Waals surface area contributed by atoms with Crippen molar-refractivity contribution in [1.29, 1.82) is 0 Å². The highest BCUT2D eigenvalue weighted by Crippen LogP contribution is 2.17. The van der Waals surface area contributed by atoms with E-state index in [-0.39, 0.29) is 31.1 Å². The van der Waals surface area contributed by atoms with Crippen molar-refractivity contribution in [3.05, 3.63) is 97.2 Å². The fourth-order valence-corrected chi connectivity index (χ4v) is 10.2. The molecule has 0 N–H and O–H groups in total. The summed E-state index contributed by atoms with van der Waals surface area (Å²) in [5.41, 5.74) is 0. The lowest BCUT2D eigenvalue weighted by Crippen LogP contribution is -2.30. The van der Waals surface area contributed by atoms with Crippen LogP contribution in [-0.2, 0) is 28.6 Å². The molecule has 0 aromatic carbocycles. The SMILES string of the molecule is CC/C=C\C/C=C\C/C=C\C/C=C\C/C=C\CCCCCCCCCC(=O)OC(COC(=O)CCCCCCCCC/C=C\C/C=C\CCCCC)COC(=O)CCCCCCCCCCCCCCC/C=C\CCCCCCCCCC. The fourth-order valence-electron chi connectivity index (χ4n) is 10.2. The van der Waals surface area contributed by atoms with Crippen LogP contribution in [0.25, 0.3) is 0 Å². The second kappa shape index (κ2) is 70.8. The average molecular weight is 1160 g/mol. The van der Waals surface area contributed by atoms with Gasteiger partial charge in [-0.05, 0) is 122 Å². The molecule has 83 heavy (non-hydrogen) atoms. The minimum atomic E-state index is -0.790. The Morgan fingerprint density at radius 1 is 0.253 bits per heavy atom. The van der Waals surface area contributed by atoms with Gasteiger partial charge < -0.3 is 14.2 Å². The fraction of sp³-hybridized carbons (Fsp3) is 0.753. The molecule has 0 spiro atoms. The molecule has 0 aliphatic carbocycles. The van der Waals surface area contributed by atoms with E-state index in [0.717, 1.165) is 109 Å². The number of ether oxygens (including phenoxy) is 3. The number of allylic oxidation sites excluding steroid dienone is 16. The van der Waals surface area contributed by atoms with E-state index in [1.54, 1.807) is 0 Å². The van der Waals surface area contributed by atoms with Crippen molar-refractivity contribution in [1.82, 2.24) is 0 Å². The molecular weight excluding hydrogens is 1020 g/mol. The molecule has 0 bridgehead atoms. The first-order valence-electron chi connectivity index (χ1n) is 35.7. The second-order valence-corrected chi connectivity index (χ2v) is 23.8. The molecule has 1 atom stereocenters. The summed E-state index contributed by atoms with van der Waals surface area (Å²) in [5.74, 6) is -0.886. The highest BCUT2D eigenvalue weighted by atomic mass is 16.6. The van der Waals surface area contributed by atoms with E-state index in [9.17, 15) is 14.4 Å². The van der Waals surface area contributed by atoms with Crippen LogP contribution in [0.15, 0.2) is 97.2 Å². The van der Waals surface area contributed by atoms with Gasteiger partial charge >= 0.3 is 17.9 Å². The van der Waals surface area contributed by atoms with Crippen molar-refractivity contribution in [3.8, 4) is 0 Å². The molecule has 1 unspecified atom stereocenters. The second-order valence-electron chi connectivity index (χ2n) is 23.8. The molecule has 0 aliphatic heterocycles. The first kappa shape index (κ1) is 79.3. The Bertz CT molecular complexity index is 1610. The van der Waals surface area contributed by atoms with E-state index < -0.39 is 6.10 Å². The number of hydrogen-bond acceptors (Lipinski definition) is 6. The zero-order valence-electron chi connectivity index (χ0n) is 54.9. The Morgan fingerprint density at radius 3 is 0.771 bits per heavy atom. The predicted molar refractivity (Wildman–Crippen MR) is 362 cm³/mol. The Balaban J connectivity index is 4.37. The average Bonchev–Trinajstić information content (AvgIpc) is 3.49. The third kappa shape index (κ3) is 69.0. The standard InChI is InChI=1S/C77H134O6/c1-4-7-10-13-16-19-22-25-28-31-33-35-37-38-40-41-43-46-49-52-55-58-61-64-67-70-76(79)82-73-74(72-81-75(78)69-66-63-60-57-54-51-48-45-30-27-24-21-18-15-12-9-6-3)83-77(80)71-68-65-62-59-56-53-50-47-44-42-39-36-34-32-29-26-23-20-17-14-11-8-5-2/h8,11,17-18,20-21,26-27,29-31,33-34,36,42,44,74H,4-7,9-10,12-16,19,22-25,28,32,35,37-41,43,45-73H2,1-3H3/b11-8-,20-17-,21-18-,29-26-,30-27-,33-31-,36-34-,44-42-. The summed E-state index contributed by atoms with van der Waals surface area (Å²) in [6, 6.07) is 0. The maximum Gasteiger partial charge on any atom is 0.306 e. The minimum absolute atomic E-state index is 0.0831. The largest absolute Gasteiger partial charge is 0.462 e. The van der Waals surface area contributed by atoms with Crippen molar-refractivity contribution < 1.29 is 28.6 Å². The summed E-state index contributed by atoms with van der Waals surface area (Å²) in [6.07, 6.45) is 95.7. The van der Waals surface area contributed by atoms with Crippen molar-refractivity contribution >= 4 is 17.9 Å². The summed E-state index contributed by atoms with van der Waals surface area (Å²) < 4.78 is 17.0. The van der Waals surface area contributed by atoms with Crippen LogP contribution in [0.2, 0.25) is 0 Å². The molecular formula is C77H134O6. The van der Waals surface area contributed by atoms with Crippen molar-refractivity contribution in [3.63, 3.8) is 0 Å². The van der Waals surface area contributed by atoms with E-state index in [1.807, 2.05) is 0 Å². The third-order valence-corrected chi connectivity index (χ3v) is 15.5. The summed E-state index contributed by atoms with van der Waals surface area (Å²) in [4.78, 5) is 38.5. The Kier molecular flexibility index (Phi) is 67.7. The minimum Gasteiger partial charge on any atom is -0.462 e. The molecule has 0 saturated heterocycles.